The summed E-state index contributed by atoms with van der Waals surface area (Å²) in [7, 11) is -0.693. The molecule has 0 spiro atoms. The highest BCUT2D eigenvalue weighted by molar-refractivity contribution is 7.85. The average molecular weight is 312 g/mol. The van der Waals surface area contributed by atoms with Gasteiger partial charge in [0.15, 0.2) is 0 Å². The van der Waals surface area contributed by atoms with Crippen molar-refractivity contribution < 1.29 is 13.8 Å². The minimum Gasteiger partial charge on any atom is -0.303 e. The minimum absolute atomic E-state index is 0.0104. The number of nitrogens with one attached hydrogen (secondary N) is 1. The Labute approximate surface area is 128 Å². The molecule has 1 saturated carbocycles. The number of carbonyl (C=O) groups excluding carboxylic acids is 2. The molecule has 2 amide bonds. The highest BCUT2D eigenvalue weighted by atomic mass is 32.2. The van der Waals surface area contributed by atoms with Gasteiger partial charge < -0.3 is 5.32 Å². The van der Waals surface area contributed by atoms with Crippen molar-refractivity contribution in [3.63, 3.8) is 0 Å². The van der Waals surface area contributed by atoms with Gasteiger partial charge in [-0.1, -0.05) is 19.3 Å². The molecule has 118 valence electrons. The lowest BCUT2D eigenvalue weighted by atomic mass is 9.94. The number of likely N-dealkylation sites (tertiary alicyclic amines) is 1. The quantitative estimate of drug-likeness (QED) is 0.788. The van der Waals surface area contributed by atoms with Crippen LogP contribution < -0.4 is 5.32 Å². The largest absolute Gasteiger partial charge is 0.303 e. The molecule has 6 heteroatoms. The number of hydrogen-bond donors (Lipinski definition) is 1. The molecule has 0 aromatic heterocycles. The predicted molar refractivity (Wildman–Crippen MR) is 81.2 cm³/mol. The fourth-order valence-corrected chi connectivity index (χ4v) is 5.05. The van der Waals surface area contributed by atoms with Crippen molar-refractivity contribution in [3.05, 3.63) is 0 Å². The lowest BCUT2D eigenvalue weighted by Crippen LogP contribution is -2.48. The molecule has 0 radical (unpaired) electrons. The van der Waals surface area contributed by atoms with Gasteiger partial charge in [-0.3, -0.25) is 18.7 Å². The van der Waals surface area contributed by atoms with Gasteiger partial charge in [-0.05, 0) is 25.7 Å². The SMILES string of the molecule is O=C1CC(NC2CCS(=O)CC2)C(=O)N1C1CCCCC1. The summed E-state index contributed by atoms with van der Waals surface area (Å²) in [6.45, 7) is 0. The second kappa shape index (κ2) is 6.57. The molecule has 2 saturated heterocycles. The Morgan fingerprint density at radius 1 is 1.00 bits per heavy atom. The first-order valence-electron chi connectivity index (χ1n) is 8.12. The normalized spacial score (nSPS) is 35.4. The molecule has 2 heterocycles. The summed E-state index contributed by atoms with van der Waals surface area (Å²) in [5.41, 5.74) is 0. The van der Waals surface area contributed by atoms with Crippen molar-refractivity contribution in [1.82, 2.24) is 10.2 Å². The van der Waals surface area contributed by atoms with E-state index in [1.165, 1.54) is 11.3 Å². The molecule has 1 N–H and O–H groups in total. The fourth-order valence-electron chi connectivity index (χ4n) is 3.75. The lowest BCUT2D eigenvalue weighted by molar-refractivity contribution is -0.142. The molecule has 1 unspecified atom stereocenters. The number of carbonyl (C=O) groups is 2. The molecule has 0 bridgehead atoms. The first-order chi connectivity index (χ1) is 10.1. The van der Waals surface area contributed by atoms with E-state index in [2.05, 4.69) is 5.32 Å². The molecule has 2 aliphatic heterocycles. The highest BCUT2D eigenvalue weighted by Gasteiger charge is 2.43. The first kappa shape index (κ1) is 15.2. The maximum absolute atomic E-state index is 12.5. The van der Waals surface area contributed by atoms with E-state index in [9.17, 15) is 13.8 Å². The van der Waals surface area contributed by atoms with Crippen molar-refractivity contribution in [2.75, 3.05) is 11.5 Å². The van der Waals surface area contributed by atoms with Crippen LogP contribution >= 0.6 is 0 Å². The highest BCUT2D eigenvalue weighted by Crippen LogP contribution is 2.27. The summed E-state index contributed by atoms with van der Waals surface area (Å²) < 4.78 is 11.4. The molecule has 21 heavy (non-hydrogen) atoms. The Morgan fingerprint density at radius 2 is 1.67 bits per heavy atom. The Morgan fingerprint density at radius 3 is 2.33 bits per heavy atom. The van der Waals surface area contributed by atoms with Gasteiger partial charge in [-0.25, -0.2) is 0 Å². The maximum atomic E-state index is 12.5. The molecule has 1 atom stereocenters. The van der Waals surface area contributed by atoms with Crippen LogP contribution in [-0.2, 0) is 20.4 Å². The van der Waals surface area contributed by atoms with Crippen molar-refractivity contribution >= 4 is 22.6 Å². The molecule has 5 nitrogen and oxygen atoms in total. The maximum Gasteiger partial charge on any atom is 0.247 e. The molecule has 3 fully saturated rings. The Bertz CT molecular complexity index is 438. The van der Waals surface area contributed by atoms with Gasteiger partial charge in [0.25, 0.3) is 0 Å². The van der Waals surface area contributed by atoms with Gasteiger partial charge >= 0.3 is 0 Å². The third-order valence-corrected chi connectivity index (χ3v) is 6.33. The summed E-state index contributed by atoms with van der Waals surface area (Å²) in [6, 6.07) is 0.0103. The van der Waals surface area contributed by atoms with Crippen LogP contribution in [0.3, 0.4) is 0 Å². The first-order valence-corrected chi connectivity index (χ1v) is 9.61. The fraction of sp³-hybridized carbons (Fsp3) is 0.867. The molecule has 3 aliphatic rings. The van der Waals surface area contributed by atoms with E-state index in [0.29, 0.717) is 17.9 Å². The topological polar surface area (TPSA) is 66.5 Å². The zero-order chi connectivity index (χ0) is 14.8. The standard InChI is InChI=1S/C15H24N2O3S/c18-14-10-13(16-11-6-8-21(20)9-7-11)15(19)17(14)12-4-2-1-3-5-12/h11-13,16H,1-10H2. The second-order valence-electron chi connectivity index (χ2n) is 6.44. The Kier molecular flexibility index (Phi) is 4.74. The number of imide groups is 1. The van der Waals surface area contributed by atoms with Crippen LogP contribution in [0.15, 0.2) is 0 Å². The van der Waals surface area contributed by atoms with Crippen molar-refractivity contribution in [2.45, 2.75) is 69.5 Å². The molecule has 0 aromatic carbocycles. The van der Waals surface area contributed by atoms with Gasteiger partial charge in [-0.15, -0.1) is 0 Å². The average Bonchev–Trinajstić information content (AvgIpc) is 2.77. The Hall–Kier alpha value is -0.750. The molecule has 1 aliphatic carbocycles. The van der Waals surface area contributed by atoms with E-state index in [1.807, 2.05) is 0 Å². The summed E-state index contributed by atoms with van der Waals surface area (Å²) in [5.74, 6) is 1.37. The Balaban J connectivity index is 1.59. The third-order valence-electron chi connectivity index (χ3n) is 4.95. The van der Waals surface area contributed by atoms with Crippen LogP contribution in [-0.4, -0.2) is 50.6 Å². The van der Waals surface area contributed by atoms with Crippen molar-refractivity contribution in [3.8, 4) is 0 Å². The van der Waals surface area contributed by atoms with E-state index < -0.39 is 10.8 Å². The third kappa shape index (κ3) is 3.37. The summed E-state index contributed by atoms with van der Waals surface area (Å²) in [6.07, 6.45) is 7.37. The number of hydrogen-bond acceptors (Lipinski definition) is 4. The smallest absolute Gasteiger partial charge is 0.247 e. The van der Waals surface area contributed by atoms with E-state index in [4.69, 9.17) is 0 Å². The zero-order valence-electron chi connectivity index (χ0n) is 12.4. The van der Waals surface area contributed by atoms with Crippen LogP contribution in [0.5, 0.6) is 0 Å². The number of amides is 2. The van der Waals surface area contributed by atoms with Crippen LogP contribution in [0.1, 0.15) is 51.4 Å². The molecule has 3 rings (SSSR count). The monoisotopic (exact) mass is 312 g/mol. The summed E-state index contributed by atoms with van der Waals surface area (Å²) >= 11 is 0. The van der Waals surface area contributed by atoms with E-state index >= 15 is 0 Å². The lowest BCUT2D eigenvalue weighted by Gasteiger charge is -2.30. The number of nitrogens with zero attached hydrogens (tertiary/aromatic N) is 1. The van der Waals surface area contributed by atoms with Gasteiger partial charge in [-0.2, -0.15) is 0 Å². The van der Waals surface area contributed by atoms with Crippen LogP contribution in [0.25, 0.3) is 0 Å². The number of rotatable bonds is 3. The van der Waals surface area contributed by atoms with E-state index in [1.54, 1.807) is 0 Å². The summed E-state index contributed by atoms with van der Waals surface area (Å²) in [5, 5.41) is 3.34. The molecular weight excluding hydrogens is 288 g/mol. The molecule has 0 aromatic rings. The van der Waals surface area contributed by atoms with E-state index in [-0.39, 0.29) is 29.9 Å². The van der Waals surface area contributed by atoms with Crippen LogP contribution in [0, 0.1) is 0 Å². The zero-order valence-corrected chi connectivity index (χ0v) is 13.2. The van der Waals surface area contributed by atoms with E-state index in [0.717, 1.165) is 38.5 Å². The molecular formula is C15H24N2O3S. The van der Waals surface area contributed by atoms with Gasteiger partial charge in [0.2, 0.25) is 11.8 Å². The second-order valence-corrected chi connectivity index (χ2v) is 8.14. The summed E-state index contributed by atoms with van der Waals surface area (Å²) in [4.78, 5) is 26.3. The minimum atomic E-state index is -0.693. The van der Waals surface area contributed by atoms with Gasteiger partial charge in [0.1, 0.15) is 0 Å². The van der Waals surface area contributed by atoms with Crippen LogP contribution in [0.4, 0.5) is 0 Å². The van der Waals surface area contributed by atoms with Gasteiger partial charge in [0.05, 0.1) is 12.5 Å². The predicted octanol–water partition coefficient (Wildman–Crippen LogP) is 0.947. The van der Waals surface area contributed by atoms with Gasteiger partial charge in [0, 0.05) is 34.4 Å². The van der Waals surface area contributed by atoms with Crippen LogP contribution in [0.2, 0.25) is 0 Å². The van der Waals surface area contributed by atoms with Crippen molar-refractivity contribution in [1.29, 1.82) is 0 Å². The van der Waals surface area contributed by atoms with Crippen molar-refractivity contribution in [2.24, 2.45) is 0 Å².